The van der Waals surface area contributed by atoms with E-state index in [-0.39, 0.29) is 24.9 Å². The number of aryl methyl sites for hydroxylation is 4. The van der Waals surface area contributed by atoms with Crippen LogP contribution in [0.25, 0.3) is 43.9 Å². The molecule has 76 heavy (non-hydrogen) atoms. The molecule has 0 unspecified atom stereocenters. The van der Waals surface area contributed by atoms with Gasteiger partial charge >= 0.3 is 5.97 Å². The Morgan fingerprint density at radius 1 is 0.566 bits per heavy atom. The minimum absolute atomic E-state index is 0.0447. The summed E-state index contributed by atoms with van der Waals surface area (Å²) in [4.78, 5) is 52.7. The Labute approximate surface area is 442 Å². The number of halogens is 4. The molecule has 4 aromatic heterocycles. The first-order chi connectivity index (χ1) is 36.6. The van der Waals surface area contributed by atoms with Crippen molar-refractivity contribution in [3.05, 3.63) is 88.5 Å². The molecule has 0 saturated heterocycles. The molecule has 7 aromatic rings. The third kappa shape index (κ3) is 17.4. The number of benzene rings is 3. The first-order valence-corrected chi connectivity index (χ1v) is 26.8. The molecule has 0 saturated carbocycles. The molecular formula is C57H76F4N10O5. The van der Waals surface area contributed by atoms with Crippen molar-refractivity contribution in [2.75, 3.05) is 78.2 Å². The highest BCUT2D eigenvalue weighted by Gasteiger charge is 2.23. The Bertz CT molecular complexity index is 2980. The molecule has 0 amide bonds. The second kappa shape index (κ2) is 29.9. The van der Waals surface area contributed by atoms with Crippen LogP contribution in [0, 0.1) is 23.3 Å². The van der Waals surface area contributed by atoms with Gasteiger partial charge in [0.05, 0.1) is 43.9 Å². The van der Waals surface area contributed by atoms with Gasteiger partial charge in [0.2, 0.25) is 17.4 Å². The number of nitrogen functional groups attached to an aromatic ring is 2. The fourth-order valence-corrected chi connectivity index (χ4v) is 8.77. The summed E-state index contributed by atoms with van der Waals surface area (Å²) in [5.74, 6) is -6.17. The minimum atomic E-state index is -1.76. The first kappa shape index (κ1) is 59.0. The highest BCUT2D eigenvalue weighted by molar-refractivity contribution is 6.07. The number of unbranched alkanes of at least 4 members (excludes halogenated alkanes) is 6. The fraction of sp³-hybridized carbons (Fsp3) is 0.509. The van der Waals surface area contributed by atoms with E-state index in [9.17, 15) is 27.2 Å². The number of aromatic nitrogens is 6. The van der Waals surface area contributed by atoms with Gasteiger partial charge in [-0.1, -0.05) is 51.7 Å². The fourth-order valence-electron chi connectivity index (χ4n) is 8.77. The number of likely N-dealkylation sites (N-methyl/N-ethyl adjacent to an activating group) is 2. The van der Waals surface area contributed by atoms with Gasteiger partial charge in [0.1, 0.15) is 51.1 Å². The van der Waals surface area contributed by atoms with Crippen LogP contribution in [0.3, 0.4) is 0 Å². The smallest absolute Gasteiger partial charge is 0.313 e. The van der Waals surface area contributed by atoms with Crippen LogP contribution in [0.5, 0.6) is 5.75 Å². The molecule has 3 aromatic carbocycles. The average Bonchev–Trinajstić information content (AvgIpc) is 4.05. The Balaban J connectivity index is 0.000000255. The van der Waals surface area contributed by atoms with Crippen LogP contribution in [0.15, 0.2) is 42.5 Å². The number of ether oxygens (including phenoxy) is 3. The third-order valence-electron chi connectivity index (χ3n) is 13.2. The minimum Gasteiger partial charge on any atom is -0.420 e. The van der Waals surface area contributed by atoms with Crippen LogP contribution >= 0.6 is 0 Å². The Morgan fingerprint density at radius 3 is 1.47 bits per heavy atom. The quantitative estimate of drug-likeness (QED) is 0.0105. The number of anilines is 2. The van der Waals surface area contributed by atoms with Crippen LogP contribution in [-0.4, -0.2) is 118 Å². The molecule has 0 aliphatic heterocycles. The summed E-state index contributed by atoms with van der Waals surface area (Å²) in [5, 5.41) is 2.09. The number of carbonyl (C=O) groups excluding carboxylic acids is 2. The number of fused-ring (bicyclic) bond motifs is 6. The summed E-state index contributed by atoms with van der Waals surface area (Å²) in [6.45, 7) is 10.9. The summed E-state index contributed by atoms with van der Waals surface area (Å²) >= 11 is 0. The van der Waals surface area contributed by atoms with Gasteiger partial charge in [-0.05, 0) is 121 Å². The number of nitrogens with one attached hydrogen (secondary N) is 2. The lowest BCUT2D eigenvalue weighted by molar-refractivity contribution is -0.136. The highest BCUT2D eigenvalue weighted by Crippen LogP contribution is 2.30. The van der Waals surface area contributed by atoms with E-state index in [0.717, 1.165) is 152 Å². The lowest BCUT2D eigenvalue weighted by Crippen LogP contribution is -2.25. The van der Waals surface area contributed by atoms with Crippen molar-refractivity contribution in [2.45, 2.75) is 124 Å². The van der Waals surface area contributed by atoms with Crippen molar-refractivity contribution in [3.8, 4) is 5.75 Å². The van der Waals surface area contributed by atoms with E-state index in [1.165, 1.54) is 24.0 Å². The van der Waals surface area contributed by atoms with Gasteiger partial charge in [0, 0.05) is 49.2 Å². The number of carbonyl (C=O) groups is 2. The number of rotatable bonds is 31. The maximum atomic E-state index is 13.6. The van der Waals surface area contributed by atoms with E-state index < -0.39 is 35.0 Å². The number of aromatic amines is 2. The van der Waals surface area contributed by atoms with Gasteiger partial charge in [-0.25, -0.2) is 28.7 Å². The van der Waals surface area contributed by atoms with Crippen molar-refractivity contribution in [1.29, 1.82) is 0 Å². The molecule has 4 heterocycles. The predicted molar refractivity (Wildman–Crippen MR) is 292 cm³/mol. The van der Waals surface area contributed by atoms with Gasteiger partial charge in [-0.3, -0.25) is 9.59 Å². The molecule has 412 valence electrons. The zero-order valence-electron chi connectivity index (χ0n) is 44.9. The maximum absolute atomic E-state index is 13.6. The molecular weight excluding hydrogens is 981 g/mol. The lowest BCUT2D eigenvalue weighted by Gasteiger charge is -2.16. The van der Waals surface area contributed by atoms with E-state index in [1.54, 1.807) is 6.92 Å². The largest absolute Gasteiger partial charge is 0.420 e. The second-order valence-corrected chi connectivity index (χ2v) is 19.6. The number of hydrogen-bond donors (Lipinski definition) is 4. The van der Waals surface area contributed by atoms with Crippen molar-refractivity contribution in [1.82, 2.24) is 39.7 Å². The number of ketones is 1. The number of H-pyrrole nitrogens is 2. The molecule has 6 N–H and O–H groups in total. The summed E-state index contributed by atoms with van der Waals surface area (Å²) in [6, 6.07) is 12.8. The molecule has 0 atom stereocenters. The van der Waals surface area contributed by atoms with Gasteiger partial charge in [0.25, 0.3) is 0 Å². The molecule has 0 radical (unpaired) electrons. The number of esters is 1. The van der Waals surface area contributed by atoms with Gasteiger partial charge in [0.15, 0.2) is 11.6 Å². The monoisotopic (exact) mass is 1060 g/mol. The SMILES string of the molecule is CCCCc1nc2c([nH]1)c(N)nc1ccc(CCCCCN(C)CCOCCC(=O)Oc3c(F)c(F)cc(F)c3F)cc12.CCCCc1nc2c([nH]1)c(N)nc1ccc(CCCCCN(C)CCOCCC(C)=O)cc12. The molecule has 0 bridgehead atoms. The molecule has 0 aliphatic carbocycles. The molecule has 15 nitrogen and oxygen atoms in total. The van der Waals surface area contributed by atoms with E-state index in [2.05, 4.69) is 85.7 Å². The van der Waals surface area contributed by atoms with Crippen molar-refractivity contribution < 1.29 is 41.4 Å². The molecule has 0 spiro atoms. The van der Waals surface area contributed by atoms with E-state index in [4.69, 9.17) is 30.9 Å². The number of pyridine rings is 2. The molecule has 7 rings (SSSR count). The van der Waals surface area contributed by atoms with Crippen LogP contribution in [0.4, 0.5) is 29.2 Å². The summed E-state index contributed by atoms with van der Waals surface area (Å²) in [5.41, 5.74) is 20.1. The second-order valence-electron chi connectivity index (χ2n) is 19.6. The predicted octanol–water partition coefficient (Wildman–Crippen LogP) is 10.9. The summed E-state index contributed by atoms with van der Waals surface area (Å²) < 4.78 is 69.1. The number of Topliss-reactive ketones (excluding diaryl/α,β-unsaturated/α-hetero) is 1. The number of nitrogens with two attached hydrogens (primary N) is 2. The van der Waals surface area contributed by atoms with Gasteiger partial charge in [-0.15, -0.1) is 0 Å². The van der Waals surface area contributed by atoms with E-state index in [1.807, 2.05) is 13.1 Å². The average molecular weight is 1060 g/mol. The Hall–Kier alpha value is -6.28. The topological polar surface area (TPSA) is 203 Å². The maximum Gasteiger partial charge on any atom is 0.313 e. The summed E-state index contributed by atoms with van der Waals surface area (Å²) in [7, 11) is 4.09. The van der Waals surface area contributed by atoms with Crippen LogP contribution in [-0.2, 0) is 44.7 Å². The number of imidazole rings is 2. The van der Waals surface area contributed by atoms with Crippen LogP contribution in [0.2, 0.25) is 0 Å². The zero-order valence-corrected chi connectivity index (χ0v) is 44.9. The first-order valence-electron chi connectivity index (χ1n) is 26.8. The highest BCUT2D eigenvalue weighted by atomic mass is 19.2. The van der Waals surface area contributed by atoms with Gasteiger partial charge < -0.3 is 45.4 Å². The standard InChI is InChI=1S/C31H37F4N5O3.C26H39N5O2/c1-3-4-9-24-38-28-20-17-19(10-11-23(20)37-31(36)29(28)39-24)8-6-5-7-13-40(2)14-16-42-15-12-25(41)43-30-26(34)21(32)18-22(33)27(30)35;1-4-5-10-23-29-24-21-18-20(11-12-22(21)28-26(27)25(24)30-23)9-7-6-8-14-31(3)15-17-33-16-13-19(2)32/h10-11,17-18H,3-9,12-16H2,1-2H3,(H2,36,37)(H,38,39);11-12,18H,4-10,13-17H2,1-3H3,(H2,27,28)(H,29,30). The van der Waals surface area contributed by atoms with E-state index in [0.29, 0.717) is 44.4 Å². The van der Waals surface area contributed by atoms with Crippen molar-refractivity contribution in [2.24, 2.45) is 0 Å². The third-order valence-corrected chi connectivity index (χ3v) is 13.2. The molecule has 0 aliphatic rings. The van der Waals surface area contributed by atoms with Crippen molar-refractivity contribution >= 4 is 67.3 Å². The van der Waals surface area contributed by atoms with E-state index >= 15 is 0 Å². The Kier molecular flexibility index (Phi) is 23.2. The normalized spacial score (nSPS) is 11.7. The van der Waals surface area contributed by atoms with Crippen LogP contribution < -0.4 is 16.2 Å². The van der Waals surface area contributed by atoms with Crippen molar-refractivity contribution in [3.63, 3.8) is 0 Å². The Morgan fingerprint density at radius 2 is 1.03 bits per heavy atom. The van der Waals surface area contributed by atoms with Crippen LogP contribution in [0.1, 0.15) is 121 Å². The zero-order chi connectivity index (χ0) is 54.6. The summed E-state index contributed by atoms with van der Waals surface area (Å²) in [6.07, 6.45) is 15.0. The van der Waals surface area contributed by atoms with Gasteiger partial charge in [-0.2, -0.15) is 8.78 Å². The number of nitrogens with zero attached hydrogens (tertiary/aromatic N) is 6. The lowest BCUT2D eigenvalue weighted by atomic mass is 10.0. The number of hydrogen-bond acceptors (Lipinski definition) is 13. The molecule has 0 fully saturated rings. The molecule has 19 heteroatoms.